The number of ether oxygens (including phenoxy) is 1. The standard InChI is InChI=1S/C20H23NO3S2/c1-3-13-7-9-15-16(12-13)26-19(18(15)20(23)24-4-2)21-17(22)10-8-14-6-5-11-25-14/h5-6,8,10-11,13H,3-4,7,9,12H2,1-2H3,(H,21,22)/b10-8+/t13-/m1/s1. The summed E-state index contributed by atoms with van der Waals surface area (Å²) in [5.41, 5.74) is 1.62. The van der Waals surface area contributed by atoms with Gasteiger partial charge in [0.25, 0.3) is 0 Å². The molecule has 0 radical (unpaired) electrons. The molecule has 1 aliphatic carbocycles. The largest absolute Gasteiger partial charge is 0.462 e. The van der Waals surface area contributed by atoms with Crippen LogP contribution in [0.5, 0.6) is 0 Å². The summed E-state index contributed by atoms with van der Waals surface area (Å²) in [6, 6.07) is 3.89. The minimum absolute atomic E-state index is 0.227. The Morgan fingerprint density at radius 3 is 2.92 bits per heavy atom. The fraction of sp³-hybridized carbons (Fsp3) is 0.400. The third kappa shape index (κ3) is 4.24. The number of hydrogen-bond acceptors (Lipinski definition) is 5. The first-order valence-corrected chi connectivity index (χ1v) is 10.7. The first kappa shape index (κ1) is 18.9. The molecule has 1 N–H and O–H groups in total. The Hall–Kier alpha value is -1.92. The number of anilines is 1. The third-order valence-corrected chi connectivity index (χ3v) is 6.61. The van der Waals surface area contributed by atoms with E-state index in [0.29, 0.717) is 23.1 Å². The molecule has 2 heterocycles. The lowest BCUT2D eigenvalue weighted by atomic mass is 9.85. The van der Waals surface area contributed by atoms with E-state index in [9.17, 15) is 9.59 Å². The van der Waals surface area contributed by atoms with Gasteiger partial charge in [-0.15, -0.1) is 22.7 Å². The minimum atomic E-state index is -0.336. The van der Waals surface area contributed by atoms with E-state index in [-0.39, 0.29) is 11.9 Å². The fourth-order valence-electron chi connectivity index (χ4n) is 3.21. The average Bonchev–Trinajstić information content (AvgIpc) is 3.26. The van der Waals surface area contributed by atoms with Crippen molar-refractivity contribution in [2.24, 2.45) is 5.92 Å². The molecule has 1 aliphatic rings. The molecule has 138 valence electrons. The van der Waals surface area contributed by atoms with E-state index in [1.54, 1.807) is 24.3 Å². The van der Waals surface area contributed by atoms with Gasteiger partial charge in [-0.1, -0.05) is 19.4 Å². The van der Waals surface area contributed by atoms with Gasteiger partial charge in [-0.05, 0) is 55.2 Å². The summed E-state index contributed by atoms with van der Waals surface area (Å²) in [4.78, 5) is 27.1. The highest BCUT2D eigenvalue weighted by molar-refractivity contribution is 7.17. The maximum Gasteiger partial charge on any atom is 0.341 e. The van der Waals surface area contributed by atoms with Crippen molar-refractivity contribution in [1.29, 1.82) is 0 Å². The van der Waals surface area contributed by atoms with Crippen molar-refractivity contribution in [3.63, 3.8) is 0 Å². The molecule has 0 unspecified atom stereocenters. The Balaban J connectivity index is 1.84. The molecule has 0 fully saturated rings. The zero-order valence-corrected chi connectivity index (χ0v) is 16.7. The van der Waals surface area contributed by atoms with E-state index in [0.717, 1.165) is 36.1 Å². The van der Waals surface area contributed by atoms with Gasteiger partial charge in [0.05, 0.1) is 12.2 Å². The Morgan fingerprint density at radius 1 is 1.38 bits per heavy atom. The molecule has 26 heavy (non-hydrogen) atoms. The summed E-state index contributed by atoms with van der Waals surface area (Å²) >= 11 is 3.10. The van der Waals surface area contributed by atoms with Crippen LogP contribution in [0.4, 0.5) is 5.00 Å². The molecule has 0 saturated carbocycles. The van der Waals surface area contributed by atoms with Crippen LogP contribution in [0.25, 0.3) is 6.08 Å². The summed E-state index contributed by atoms with van der Waals surface area (Å²) < 4.78 is 5.25. The van der Waals surface area contributed by atoms with Crippen LogP contribution in [0.1, 0.15) is 52.4 Å². The van der Waals surface area contributed by atoms with Crippen LogP contribution in [-0.4, -0.2) is 18.5 Å². The second-order valence-corrected chi connectivity index (χ2v) is 8.37. The van der Waals surface area contributed by atoms with Gasteiger partial charge in [-0.25, -0.2) is 4.79 Å². The number of rotatable bonds is 6. The quantitative estimate of drug-likeness (QED) is 0.549. The Bertz CT molecular complexity index is 805. The summed E-state index contributed by atoms with van der Waals surface area (Å²) in [6.45, 7) is 4.33. The smallest absolute Gasteiger partial charge is 0.341 e. The van der Waals surface area contributed by atoms with Crippen molar-refractivity contribution in [2.75, 3.05) is 11.9 Å². The molecule has 2 aromatic rings. The van der Waals surface area contributed by atoms with Gasteiger partial charge < -0.3 is 10.1 Å². The summed E-state index contributed by atoms with van der Waals surface area (Å²) in [7, 11) is 0. The molecule has 3 rings (SSSR count). The molecule has 1 atom stereocenters. The van der Waals surface area contributed by atoms with Gasteiger partial charge in [0, 0.05) is 15.8 Å². The number of amides is 1. The third-order valence-electron chi connectivity index (χ3n) is 4.60. The maximum atomic E-state index is 12.5. The number of carbonyl (C=O) groups is 2. The molecule has 0 spiro atoms. The molecule has 0 aliphatic heterocycles. The van der Waals surface area contributed by atoms with Gasteiger partial charge in [0.1, 0.15) is 5.00 Å². The summed E-state index contributed by atoms with van der Waals surface area (Å²) in [5.74, 6) is 0.0885. The van der Waals surface area contributed by atoms with Crippen molar-refractivity contribution >= 4 is 45.6 Å². The van der Waals surface area contributed by atoms with E-state index in [2.05, 4.69) is 12.2 Å². The van der Waals surface area contributed by atoms with E-state index < -0.39 is 0 Å². The second kappa shape index (κ2) is 8.64. The normalized spacial score (nSPS) is 16.5. The first-order valence-electron chi connectivity index (χ1n) is 8.96. The molecule has 6 heteroatoms. The number of fused-ring (bicyclic) bond motifs is 1. The Labute approximate surface area is 161 Å². The lowest BCUT2D eigenvalue weighted by Crippen LogP contribution is -2.16. The predicted octanol–water partition coefficient (Wildman–Crippen LogP) is 5.15. The van der Waals surface area contributed by atoms with Crippen molar-refractivity contribution < 1.29 is 14.3 Å². The second-order valence-electron chi connectivity index (χ2n) is 6.28. The number of nitrogens with one attached hydrogen (secondary N) is 1. The van der Waals surface area contributed by atoms with Crippen molar-refractivity contribution in [2.45, 2.75) is 39.5 Å². The van der Waals surface area contributed by atoms with Crippen LogP contribution in [0.2, 0.25) is 0 Å². The van der Waals surface area contributed by atoms with E-state index in [1.807, 2.05) is 17.5 Å². The highest BCUT2D eigenvalue weighted by atomic mass is 32.1. The minimum Gasteiger partial charge on any atom is -0.462 e. The highest BCUT2D eigenvalue weighted by Crippen LogP contribution is 2.40. The zero-order chi connectivity index (χ0) is 18.5. The monoisotopic (exact) mass is 389 g/mol. The van der Waals surface area contributed by atoms with E-state index in [1.165, 1.54) is 22.3 Å². The molecule has 2 aromatic heterocycles. The van der Waals surface area contributed by atoms with Crippen molar-refractivity contribution in [1.82, 2.24) is 0 Å². The predicted molar refractivity (Wildman–Crippen MR) is 108 cm³/mol. The maximum absolute atomic E-state index is 12.5. The Morgan fingerprint density at radius 2 is 2.23 bits per heavy atom. The van der Waals surface area contributed by atoms with E-state index >= 15 is 0 Å². The SMILES string of the molecule is CCOC(=O)c1c(NC(=O)/C=C/c2cccs2)sc2c1CC[C@@H](CC)C2. The first-order chi connectivity index (χ1) is 12.6. The average molecular weight is 390 g/mol. The van der Waals surface area contributed by atoms with E-state index in [4.69, 9.17) is 4.74 Å². The molecule has 4 nitrogen and oxygen atoms in total. The van der Waals surface area contributed by atoms with Crippen LogP contribution in [0.3, 0.4) is 0 Å². The van der Waals surface area contributed by atoms with Crippen LogP contribution < -0.4 is 5.32 Å². The van der Waals surface area contributed by atoms with Crippen molar-refractivity contribution in [3.8, 4) is 0 Å². The van der Waals surface area contributed by atoms with Gasteiger partial charge in [0.2, 0.25) is 5.91 Å². The molecular formula is C20H23NO3S2. The van der Waals surface area contributed by atoms with Gasteiger partial charge in [-0.2, -0.15) is 0 Å². The molecular weight excluding hydrogens is 366 g/mol. The molecule has 0 saturated heterocycles. The lowest BCUT2D eigenvalue weighted by Gasteiger charge is -2.20. The molecule has 1 amide bonds. The number of esters is 1. The van der Waals surface area contributed by atoms with Crippen molar-refractivity contribution in [3.05, 3.63) is 44.5 Å². The fourth-order valence-corrected chi connectivity index (χ4v) is 5.18. The summed E-state index contributed by atoms with van der Waals surface area (Å²) in [6.07, 6.45) is 7.36. The van der Waals surface area contributed by atoms with Gasteiger partial charge in [-0.3, -0.25) is 4.79 Å². The van der Waals surface area contributed by atoms with Crippen LogP contribution in [-0.2, 0) is 22.4 Å². The Kier molecular flexibility index (Phi) is 6.27. The van der Waals surface area contributed by atoms with Crippen LogP contribution >= 0.6 is 22.7 Å². The summed E-state index contributed by atoms with van der Waals surface area (Å²) in [5, 5.41) is 5.48. The highest BCUT2D eigenvalue weighted by Gasteiger charge is 2.29. The van der Waals surface area contributed by atoms with Crippen LogP contribution in [0, 0.1) is 5.92 Å². The zero-order valence-electron chi connectivity index (χ0n) is 15.0. The number of hydrogen-bond donors (Lipinski definition) is 1. The van der Waals surface area contributed by atoms with Crippen LogP contribution in [0.15, 0.2) is 23.6 Å². The number of carbonyl (C=O) groups excluding carboxylic acids is 2. The molecule has 0 bridgehead atoms. The lowest BCUT2D eigenvalue weighted by molar-refractivity contribution is -0.111. The van der Waals surface area contributed by atoms with Gasteiger partial charge in [0.15, 0.2) is 0 Å². The number of thiophene rings is 2. The topological polar surface area (TPSA) is 55.4 Å². The molecule has 0 aromatic carbocycles. The van der Waals surface area contributed by atoms with Gasteiger partial charge >= 0.3 is 5.97 Å².